The van der Waals surface area contributed by atoms with E-state index in [0.717, 1.165) is 42.8 Å². The highest BCUT2D eigenvalue weighted by atomic mass is 19.1. The molecule has 6 nitrogen and oxygen atoms in total. The zero-order valence-corrected chi connectivity index (χ0v) is 14.3. The molecule has 1 fully saturated rings. The minimum Gasteiger partial charge on any atom is -0.382 e. The van der Waals surface area contributed by atoms with E-state index in [1.807, 2.05) is 11.2 Å². The van der Waals surface area contributed by atoms with E-state index >= 15 is 0 Å². The molecule has 0 unspecified atom stereocenters. The second-order valence-electron chi connectivity index (χ2n) is 7.05. The van der Waals surface area contributed by atoms with Crippen molar-refractivity contribution in [2.75, 3.05) is 5.32 Å². The number of hydrogen-bond donors (Lipinski definition) is 4. The van der Waals surface area contributed by atoms with Crippen molar-refractivity contribution in [3.63, 3.8) is 0 Å². The monoisotopic (exact) mass is 352 g/mol. The van der Waals surface area contributed by atoms with E-state index in [1.165, 1.54) is 23.5 Å². The molecule has 2 aromatic rings. The van der Waals surface area contributed by atoms with Gasteiger partial charge in [0.05, 0.1) is 11.4 Å². The van der Waals surface area contributed by atoms with Crippen LogP contribution in [0.15, 0.2) is 47.2 Å². The summed E-state index contributed by atoms with van der Waals surface area (Å²) in [6.07, 6.45) is 8.13. The maximum atomic E-state index is 13.0. The number of anilines is 1. The minimum absolute atomic E-state index is 0.197. The average molecular weight is 352 g/mol. The van der Waals surface area contributed by atoms with Gasteiger partial charge in [0.2, 0.25) is 0 Å². The highest BCUT2D eigenvalue weighted by Gasteiger charge is 2.34. The zero-order chi connectivity index (χ0) is 17.5. The Labute approximate surface area is 151 Å². The van der Waals surface area contributed by atoms with Crippen LogP contribution >= 0.6 is 0 Å². The fourth-order valence-corrected chi connectivity index (χ4v) is 4.10. The number of allylic oxidation sites excluding steroid dienone is 1. The molecule has 26 heavy (non-hydrogen) atoms. The molecule has 5 rings (SSSR count). The van der Waals surface area contributed by atoms with Gasteiger partial charge in [0.1, 0.15) is 18.0 Å². The maximum Gasteiger partial charge on any atom is 0.141 e. The Balaban J connectivity index is 1.29. The molecule has 1 aromatic heterocycles. The summed E-state index contributed by atoms with van der Waals surface area (Å²) in [5, 5.41) is 5.48. The first-order valence-corrected chi connectivity index (χ1v) is 9.07. The Hall–Kier alpha value is -2.80. The van der Waals surface area contributed by atoms with Crippen LogP contribution in [0, 0.1) is 11.7 Å². The first-order chi connectivity index (χ1) is 12.8. The number of hydrogen-bond acceptors (Lipinski definition) is 5. The lowest BCUT2D eigenvalue weighted by molar-refractivity contribution is 0.350. The van der Waals surface area contributed by atoms with Crippen molar-refractivity contribution < 1.29 is 4.39 Å². The molecule has 7 heteroatoms. The number of aromatic amines is 1. The highest BCUT2D eigenvalue weighted by Crippen LogP contribution is 2.39. The van der Waals surface area contributed by atoms with Gasteiger partial charge in [-0.3, -0.25) is 0 Å². The zero-order valence-electron chi connectivity index (χ0n) is 14.3. The van der Waals surface area contributed by atoms with Gasteiger partial charge in [0.15, 0.2) is 0 Å². The lowest BCUT2D eigenvalue weighted by atomic mass is 9.83. The van der Waals surface area contributed by atoms with Gasteiger partial charge >= 0.3 is 0 Å². The lowest BCUT2D eigenvalue weighted by Crippen LogP contribution is -2.38. The molecule has 0 spiro atoms. The second-order valence-corrected chi connectivity index (χ2v) is 7.05. The van der Waals surface area contributed by atoms with Crippen LogP contribution < -0.4 is 16.3 Å². The number of aliphatic imine (C=N–C) groups is 1. The Morgan fingerprint density at radius 1 is 1.08 bits per heavy atom. The van der Waals surface area contributed by atoms with Crippen LogP contribution in [0.5, 0.6) is 0 Å². The highest BCUT2D eigenvalue weighted by molar-refractivity contribution is 5.87. The number of fused-ring (bicyclic) bond motifs is 3. The van der Waals surface area contributed by atoms with Gasteiger partial charge in [-0.25, -0.2) is 14.4 Å². The molecule has 1 aliphatic carbocycles. The predicted molar refractivity (Wildman–Crippen MR) is 99.7 cm³/mol. The second kappa shape index (κ2) is 6.17. The maximum absolute atomic E-state index is 13.0. The molecular weight excluding hydrogens is 331 g/mol. The molecule has 4 N–H and O–H groups in total. The Morgan fingerprint density at radius 2 is 1.88 bits per heavy atom. The molecule has 3 heterocycles. The van der Waals surface area contributed by atoms with Crippen molar-refractivity contribution in [2.45, 2.75) is 31.7 Å². The van der Waals surface area contributed by atoms with Crippen LogP contribution in [-0.4, -0.2) is 22.4 Å². The summed E-state index contributed by atoms with van der Waals surface area (Å²) in [4.78, 5) is 7.59. The molecule has 2 aliphatic heterocycles. The molecule has 0 amide bonds. The van der Waals surface area contributed by atoms with Gasteiger partial charge in [-0.15, -0.1) is 5.53 Å². The van der Waals surface area contributed by atoms with E-state index in [0.29, 0.717) is 12.0 Å². The summed E-state index contributed by atoms with van der Waals surface area (Å²) < 4.78 is 13.0. The van der Waals surface area contributed by atoms with Crippen molar-refractivity contribution in [1.29, 1.82) is 0 Å². The third-order valence-electron chi connectivity index (χ3n) is 5.44. The van der Waals surface area contributed by atoms with Gasteiger partial charge < -0.3 is 15.7 Å². The third kappa shape index (κ3) is 2.64. The van der Waals surface area contributed by atoms with E-state index in [2.05, 4.69) is 32.3 Å². The normalized spacial score (nSPS) is 24.3. The van der Waals surface area contributed by atoms with Crippen molar-refractivity contribution in [3.05, 3.63) is 53.6 Å². The van der Waals surface area contributed by atoms with Crippen LogP contribution in [0.4, 0.5) is 15.9 Å². The largest absolute Gasteiger partial charge is 0.382 e. The smallest absolute Gasteiger partial charge is 0.141 e. The van der Waals surface area contributed by atoms with E-state index < -0.39 is 0 Å². The number of halogens is 1. The van der Waals surface area contributed by atoms with Crippen LogP contribution in [-0.2, 0) is 0 Å². The van der Waals surface area contributed by atoms with E-state index in [4.69, 9.17) is 0 Å². The van der Waals surface area contributed by atoms with Crippen LogP contribution in [0.1, 0.15) is 31.2 Å². The van der Waals surface area contributed by atoms with Gasteiger partial charge in [-0.2, -0.15) is 0 Å². The van der Waals surface area contributed by atoms with Gasteiger partial charge in [-0.1, -0.05) is 0 Å². The summed E-state index contributed by atoms with van der Waals surface area (Å²) in [7, 11) is 0. The standard InChI is InChI=1S/C19H21FN6/c20-13-3-7-15(8-4-13)23-14-5-1-12(2-6-14)17-18-16-9-10-21-19(16)22-11-26(18)25-24-17/h3-4,7-12,14,21,23-25H,1-2,5-6H2. The molecule has 134 valence electrons. The summed E-state index contributed by atoms with van der Waals surface area (Å²) in [5.41, 5.74) is 11.1. The Bertz CT molecular complexity index is 860. The number of H-pyrrole nitrogens is 1. The van der Waals surface area contributed by atoms with Crippen molar-refractivity contribution >= 4 is 23.5 Å². The molecule has 0 radical (unpaired) electrons. The molecular formula is C19H21FN6. The number of rotatable bonds is 3. The topological polar surface area (TPSA) is 67.5 Å². The average Bonchev–Trinajstić information content (AvgIpc) is 3.30. The number of nitrogens with one attached hydrogen (secondary N) is 4. The van der Waals surface area contributed by atoms with E-state index in [1.54, 1.807) is 18.5 Å². The third-order valence-corrected chi connectivity index (χ3v) is 5.44. The SMILES string of the molecule is Fc1ccc(NC2CCC(C3=C4c5cc[nH]c5N=CN4NN3)CC2)cc1. The number of hydrazine groups is 2. The molecule has 0 atom stereocenters. The van der Waals surface area contributed by atoms with Crippen molar-refractivity contribution in [3.8, 4) is 0 Å². The van der Waals surface area contributed by atoms with Crippen LogP contribution in [0.25, 0.3) is 5.70 Å². The molecule has 1 aromatic carbocycles. The first-order valence-electron chi connectivity index (χ1n) is 9.07. The van der Waals surface area contributed by atoms with Crippen molar-refractivity contribution in [2.24, 2.45) is 10.9 Å². The summed E-state index contributed by atoms with van der Waals surface area (Å²) >= 11 is 0. The molecule has 0 saturated heterocycles. The van der Waals surface area contributed by atoms with Crippen LogP contribution in [0.3, 0.4) is 0 Å². The van der Waals surface area contributed by atoms with E-state index in [9.17, 15) is 4.39 Å². The van der Waals surface area contributed by atoms with E-state index in [-0.39, 0.29) is 5.82 Å². The lowest BCUT2D eigenvalue weighted by Gasteiger charge is -2.30. The van der Waals surface area contributed by atoms with Gasteiger partial charge in [-0.05, 0) is 56.0 Å². The number of benzene rings is 1. The first kappa shape index (κ1) is 15.5. The van der Waals surface area contributed by atoms with Crippen LogP contribution in [0.2, 0.25) is 0 Å². The Kier molecular flexibility index (Phi) is 3.67. The predicted octanol–water partition coefficient (Wildman–Crippen LogP) is 3.49. The summed E-state index contributed by atoms with van der Waals surface area (Å²) in [6, 6.07) is 9.13. The Morgan fingerprint density at radius 3 is 2.69 bits per heavy atom. The summed E-state index contributed by atoms with van der Waals surface area (Å²) in [5.74, 6) is 1.20. The fourth-order valence-electron chi connectivity index (χ4n) is 4.10. The van der Waals surface area contributed by atoms with Crippen molar-refractivity contribution in [1.82, 2.24) is 21.0 Å². The summed E-state index contributed by atoms with van der Waals surface area (Å²) in [6.45, 7) is 0. The van der Waals surface area contributed by atoms with Gasteiger partial charge in [0.25, 0.3) is 0 Å². The quantitative estimate of drug-likeness (QED) is 0.683. The molecule has 3 aliphatic rings. The van der Waals surface area contributed by atoms with Gasteiger partial charge in [0, 0.05) is 29.4 Å². The number of nitrogens with zero attached hydrogens (tertiary/aromatic N) is 2. The number of aromatic nitrogens is 1. The minimum atomic E-state index is -0.197. The fraction of sp³-hybridized carbons (Fsp3) is 0.316. The molecule has 1 saturated carbocycles. The molecule has 0 bridgehead atoms.